The molecule has 380 valence electrons. The minimum atomic E-state index is -0.00537. The van der Waals surface area contributed by atoms with E-state index >= 15 is 0 Å². The van der Waals surface area contributed by atoms with Gasteiger partial charge in [0.25, 0.3) is 0 Å². The van der Waals surface area contributed by atoms with Crippen molar-refractivity contribution in [3.8, 4) is 65.0 Å². The molecule has 0 fully saturated rings. The maximum Gasteiger partial charge on any atom is 0.0988 e. The van der Waals surface area contributed by atoms with Gasteiger partial charge in [0.1, 0.15) is 0 Å². The largest absolute Gasteiger partial charge is 0.243 e. The molecule has 73 heavy (non-hydrogen) atoms. The lowest BCUT2D eigenvalue weighted by atomic mass is 9.65. The van der Waals surface area contributed by atoms with E-state index in [4.69, 9.17) is 9.97 Å². The van der Waals surface area contributed by atoms with E-state index in [0.29, 0.717) is 11.8 Å². The number of hydrogen-bond acceptors (Lipinski definition) is 4. The van der Waals surface area contributed by atoms with Crippen LogP contribution in [-0.2, 0) is 18.3 Å². The summed E-state index contributed by atoms with van der Waals surface area (Å²) in [7, 11) is 0. The summed E-state index contributed by atoms with van der Waals surface area (Å²) in [5, 5.41) is 0. The average Bonchev–Trinajstić information content (AvgIpc) is 4.15. The van der Waals surface area contributed by atoms with Crippen molar-refractivity contribution in [3.63, 3.8) is 0 Å². The summed E-state index contributed by atoms with van der Waals surface area (Å²) in [5.74, 6) is 1.39. The molecular weight excluding hydrogens is 921 g/mol. The van der Waals surface area contributed by atoms with Gasteiger partial charge in [0.2, 0.25) is 0 Å². The molecule has 0 amide bonds. The summed E-state index contributed by atoms with van der Waals surface area (Å²) in [4.78, 5) is 16.7. The van der Waals surface area contributed by atoms with Gasteiger partial charge in [0.05, 0.1) is 22.4 Å². The first kappa shape index (κ1) is 52.7. The van der Waals surface area contributed by atoms with Gasteiger partial charge < -0.3 is 0 Å². The minimum absolute atomic E-state index is 0.00537. The number of aromatic nitrogens is 2. The van der Waals surface area contributed by atoms with Gasteiger partial charge in [0.15, 0.2) is 0 Å². The van der Waals surface area contributed by atoms with E-state index in [0.717, 1.165) is 57.5 Å². The quantitative estimate of drug-likeness (QED) is 0.0533. The molecule has 0 saturated heterocycles. The summed E-state index contributed by atoms with van der Waals surface area (Å²) in [5.41, 5.74) is 19.9. The smallest absolute Gasteiger partial charge is 0.0988 e. The lowest BCUT2D eigenvalue weighted by Gasteiger charge is -2.39. The monoisotopic (exact) mass is 1000 g/mol. The molecule has 2 atom stereocenters. The number of thiophene rings is 2. The van der Waals surface area contributed by atoms with Gasteiger partial charge in [-0.05, 0) is 133 Å². The summed E-state index contributed by atoms with van der Waals surface area (Å²) in [6.07, 6.45) is 22.3. The predicted molar refractivity (Wildman–Crippen MR) is 320 cm³/mol. The molecular formula is C69H82N2S2. The van der Waals surface area contributed by atoms with Gasteiger partial charge in [-0.15, -0.1) is 22.7 Å². The molecule has 1 aliphatic carbocycles. The molecule has 0 N–H and O–H groups in total. The highest BCUT2D eigenvalue weighted by molar-refractivity contribution is 7.19. The molecule has 1 aliphatic rings. The van der Waals surface area contributed by atoms with E-state index in [9.17, 15) is 0 Å². The van der Waals surface area contributed by atoms with Crippen LogP contribution in [0.4, 0.5) is 0 Å². The Hall–Kier alpha value is -5.16. The lowest BCUT2D eigenvalue weighted by molar-refractivity contribution is 0.266. The Morgan fingerprint density at radius 3 is 1.37 bits per heavy atom. The van der Waals surface area contributed by atoms with Gasteiger partial charge in [0, 0.05) is 47.2 Å². The number of fused-ring (bicyclic) bond motifs is 4. The Labute approximate surface area is 448 Å². The van der Waals surface area contributed by atoms with Gasteiger partial charge in [-0.1, -0.05) is 215 Å². The lowest BCUT2D eigenvalue weighted by Crippen LogP contribution is -2.31. The van der Waals surface area contributed by atoms with Crippen molar-refractivity contribution >= 4 is 33.7 Å². The molecule has 0 radical (unpaired) electrons. The highest BCUT2D eigenvalue weighted by Crippen LogP contribution is 2.57. The number of hydrogen-bond donors (Lipinski definition) is 0. The van der Waals surface area contributed by atoms with Crippen LogP contribution in [0.1, 0.15) is 177 Å². The zero-order chi connectivity index (χ0) is 50.9. The summed E-state index contributed by atoms with van der Waals surface area (Å²) >= 11 is 3.75. The second kappa shape index (κ2) is 24.5. The summed E-state index contributed by atoms with van der Waals surface area (Å²) in [6, 6.07) is 47.3. The first-order valence-electron chi connectivity index (χ1n) is 28.7. The van der Waals surface area contributed by atoms with Gasteiger partial charge in [-0.25, -0.2) is 9.97 Å². The van der Waals surface area contributed by atoms with E-state index in [1.807, 2.05) is 22.7 Å². The molecule has 3 aromatic heterocycles. The van der Waals surface area contributed by atoms with Crippen molar-refractivity contribution in [2.75, 3.05) is 0 Å². The van der Waals surface area contributed by atoms with Crippen LogP contribution in [0.2, 0.25) is 0 Å². The fourth-order valence-electron chi connectivity index (χ4n) is 12.1. The van der Waals surface area contributed by atoms with Crippen LogP contribution in [0, 0.1) is 25.7 Å². The maximum absolute atomic E-state index is 5.82. The second-order valence-electron chi connectivity index (χ2n) is 21.8. The highest BCUT2D eigenvalue weighted by Gasteiger charge is 2.45. The van der Waals surface area contributed by atoms with Gasteiger partial charge in [-0.2, -0.15) is 0 Å². The van der Waals surface area contributed by atoms with E-state index in [1.165, 1.54) is 156 Å². The number of benzene rings is 5. The topological polar surface area (TPSA) is 25.8 Å². The van der Waals surface area contributed by atoms with Crippen molar-refractivity contribution in [3.05, 3.63) is 154 Å². The van der Waals surface area contributed by atoms with Gasteiger partial charge >= 0.3 is 0 Å². The van der Waals surface area contributed by atoms with Crippen molar-refractivity contribution in [1.82, 2.24) is 9.97 Å². The zero-order valence-electron chi connectivity index (χ0n) is 45.6. The fraction of sp³-hybridized carbons (Fsp3) is 0.420. The van der Waals surface area contributed by atoms with E-state index in [1.54, 1.807) is 11.1 Å². The molecule has 5 aromatic carbocycles. The molecule has 8 aromatic rings. The van der Waals surface area contributed by atoms with Crippen LogP contribution in [-0.4, -0.2) is 9.97 Å². The number of unbranched alkanes of at least 4 members (excludes halogenated alkanes) is 6. The van der Waals surface area contributed by atoms with E-state index < -0.39 is 0 Å². The van der Waals surface area contributed by atoms with Crippen LogP contribution in [0.25, 0.3) is 76.0 Å². The van der Waals surface area contributed by atoms with Crippen molar-refractivity contribution < 1.29 is 0 Å². The van der Waals surface area contributed by atoms with Crippen LogP contribution in [0.3, 0.4) is 0 Å². The van der Waals surface area contributed by atoms with E-state index in [2.05, 4.69) is 177 Å². The Morgan fingerprint density at radius 2 is 0.877 bits per heavy atom. The highest BCUT2D eigenvalue weighted by atomic mass is 32.1. The molecule has 2 nitrogen and oxygen atoms in total. The Balaban J connectivity index is 1.19. The molecule has 0 spiro atoms. The summed E-state index contributed by atoms with van der Waals surface area (Å²) in [6.45, 7) is 18.7. The van der Waals surface area contributed by atoms with Crippen LogP contribution >= 0.6 is 22.7 Å². The molecule has 0 saturated carbocycles. The molecule has 2 unspecified atom stereocenters. The third-order valence-corrected chi connectivity index (χ3v) is 18.7. The number of rotatable bonds is 25. The fourth-order valence-corrected chi connectivity index (χ4v) is 14.0. The van der Waals surface area contributed by atoms with Crippen molar-refractivity contribution in [2.24, 2.45) is 11.8 Å². The SMILES string of the molecule is CCCCCc1ccc(-c2nc3c(-c4ccc(C)s4)ccc(-c4ccc(-c5ccc6c(c5)C(CC(CC)CCCC)(CC(CC)CCCC)c5cc(C)ccc5-6)s4)c3nc2-c2ccc(CCCCC)cc2)cc1. The van der Waals surface area contributed by atoms with Crippen LogP contribution < -0.4 is 0 Å². The van der Waals surface area contributed by atoms with E-state index in [-0.39, 0.29) is 5.41 Å². The minimum Gasteiger partial charge on any atom is -0.243 e. The standard InChI is InChI=1S/C69H82N2S2/c1-9-15-19-23-51-27-31-53(32-28-51)65-66(54-33-29-52(30-34-54)24-20-16-10-2)71-68-59(39-38-58(67(68)70-65)63-40-26-48(8)72-63)64-42-41-62(73-64)55-35-37-57-56-36-25-47(7)43-60(56)69(61(57)44-55,45-49(13-5)21-17-11-3)46-50(14-6)22-18-12-4/h25-44,49-50H,9-24,45-46H2,1-8H3. The third-order valence-electron chi connectivity index (χ3n) is 16.5. The first-order valence-corrected chi connectivity index (χ1v) is 30.3. The summed E-state index contributed by atoms with van der Waals surface area (Å²) < 4.78 is 0. The van der Waals surface area contributed by atoms with Gasteiger partial charge in [-0.3, -0.25) is 0 Å². The zero-order valence-corrected chi connectivity index (χ0v) is 47.3. The van der Waals surface area contributed by atoms with Crippen LogP contribution in [0.5, 0.6) is 0 Å². The Morgan fingerprint density at radius 1 is 0.425 bits per heavy atom. The first-order chi connectivity index (χ1) is 35.7. The van der Waals surface area contributed by atoms with Crippen molar-refractivity contribution in [2.45, 2.75) is 176 Å². The number of aryl methyl sites for hydroxylation is 4. The molecule has 3 heterocycles. The molecule has 4 heteroatoms. The molecule has 0 bridgehead atoms. The Kier molecular flexibility index (Phi) is 17.7. The molecule has 0 aliphatic heterocycles. The number of nitrogens with zero attached hydrogens (tertiary/aromatic N) is 2. The predicted octanol–water partition coefficient (Wildman–Crippen LogP) is 21.6. The third kappa shape index (κ3) is 11.6. The average molecular weight is 1000 g/mol. The molecule has 9 rings (SSSR count). The van der Waals surface area contributed by atoms with Crippen molar-refractivity contribution in [1.29, 1.82) is 0 Å². The second-order valence-corrected chi connectivity index (χ2v) is 24.2. The van der Waals surface area contributed by atoms with Crippen LogP contribution in [0.15, 0.2) is 121 Å². The Bertz CT molecular complexity index is 3060. The normalized spacial score (nSPS) is 15.0. The maximum atomic E-state index is 5.82.